The molecule has 1 aromatic heterocycles. The quantitative estimate of drug-likeness (QED) is 0.893. The molecule has 1 unspecified atom stereocenters. The molecular weight excluding hydrogens is 263 g/mol. The minimum absolute atomic E-state index is 0.000171. The number of aliphatic carboxylic acids is 1. The van der Waals surface area contributed by atoms with Crippen molar-refractivity contribution in [3.05, 3.63) is 29.8 Å². The maximum Gasteiger partial charge on any atom is 0.329 e. The third-order valence-corrected chi connectivity index (χ3v) is 3.68. The molecule has 1 aliphatic rings. The van der Waals surface area contributed by atoms with Crippen LogP contribution in [0.5, 0.6) is 0 Å². The highest BCUT2D eigenvalue weighted by Crippen LogP contribution is 2.25. The van der Waals surface area contributed by atoms with Crippen LogP contribution < -0.4 is 0 Å². The van der Waals surface area contributed by atoms with Gasteiger partial charge in [0.2, 0.25) is 0 Å². The number of carbonyl (C=O) groups is 1. The Morgan fingerprint density at radius 1 is 1.55 bits per heavy atom. The summed E-state index contributed by atoms with van der Waals surface area (Å²) in [6.07, 6.45) is 4.46. The van der Waals surface area contributed by atoms with E-state index in [0.29, 0.717) is 0 Å². The fraction of sp³-hybridized carbons (Fsp3) is 0.571. The monoisotopic (exact) mass is 282 g/mol. The maximum absolute atomic E-state index is 13.2. The standard InChI is InChI=1S/C14H19FN2O3/c1-10(11-6-12(15)8-16-7-11)17-4-2-13(3-5-17)20-9-14(18)19/h6-8,10,13H,2-5,9H2,1H3,(H,18,19). The molecule has 0 radical (unpaired) electrons. The van der Waals surface area contributed by atoms with E-state index < -0.39 is 5.97 Å². The van der Waals surface area contributed by atoms with Crippen molar-refractivity contribution in [1.82, 2.24) is 9.88 Å². The van der Waals surface area contributed by atoms with Gasteiger partial charge in [0, 0.05) is 25.3 Å². The molecule has 110 valence electrons. The van der Waals surface area contributed by atoms with Gasteiger partial charge in [0.15, 0.2) is 0 Å². The van der Waals surface area contributed by atoms with Gasteiger partial charge >= 0.3 is 5.97 Å². The number of carboxylic acid groups (broad SMARTS) is 1. The molecule has 1 saturated heterocycles. The molecule has 5 nitrogen and oxygen atoms in total. The number of ether oxygens (including phenoxy) is 1. The molecule has 0 amide bonds. The smallest absolute Gasteiger partial charge is 0.329 e. The average Bonchev–Trinajstić information content (AvgIpc) is 2.45. The van der Waals surface area contributed by atoms with Crippen molar-refractivity contribution in [2.45, 2.75) is 31.9 Å². The summed E-state index contributed by atoms with van der Waals surface area (Å²) in [5, 5.41) is 8.58. The van der Waals surface area contributed by atoms with Crippen molar-refractivity contribution in [3.8, 4) is 0 Å². The Balaban J connectivity index is 1.85. The second-order valence-corrected chi connectivity index (χ2v) is 5.05. The first kappa shape index (κ1) is 14.9. The highest BCUT2D eigenvalue weighted by atomic mass is 19.1. The molecule has 6 heteroatoms. The summed E-state index contributed by atoms with van der Waals surface area (Å²) < 4.78 is 18.5. The summed E-state index contributed by atoms with van der Waals surface area (Å²) in [7, 11) is 0. The molecule has 2 rings (SSSR count). The number of piperidine rings is 1. The lowest BCUT2D eigenvalue weighted by Crippen LogP contribution is -2.39. The van der Waals surface area contributed by atoms with Gasteiger partial charge in [-0.2, -0.15) is 0 Å². The van der Waals surface area contributed by atoms with Gasteiger partial charge in [0.25, 0.3) is 0 Å². The van der Waals surface area contributed by atoms with Crippen molar-refractivity contribution in [2.24, 2.45) is 0 Å². The first-order valence-electron chi connectivity index (χ1n) is 6.74. The number of halogens is 1. The molecule has 1 aliphatic heterocycles. The molecule has 1 atom stereocenters. The number of hydrogen-bond donors (Lipinski definition) is 1. The van der Waals surface area contributed by atoms with E-state index in [1.807, 2.05) is 6.92 Å². The van der Waals surface area contributed by atoms with E-state index in [-0.39, 0.29) is 24.6 Å². The molecule has 0 spiro atoms. The number of nitrogens with zero attached hydrogens (tertiary/aromatic N) is 2. The summed E-state index contributed by atoms with van der Waals surface area (Å²) in [5.74, 6) is -1.26. The number of rotatable bonds is 5. The van der Waals surface area contributed by atoms with E-state index in [2.05, 4.69) is 9.88 Å². The zero-order chi connectivity index (χ0) is 14.5. The van der Waals surface area contributed by atoms with Crippen molar-refractivity contribution in [1.29, 1.82) is 0 Å². The average molecular weight is 282 g/mol. The molecule has 0 aromatic carbocycles. The van der Waals surface area contributed by atoms with Crippen LogP contribution in [0.1, 0.15) is 31.4 Å². The lowest BCUT2D eigenvalue weighted by Gasteiger charge is -2.35. The Kier molecular flexibility index (Phi) is 5.03. The first-order valence-corrected chi connectivity index (χ1v) is 6.74. The van der Waals surface area contributed by atoms with Crippen LogP contribution >= 0.6 is 0 Å². The normalized spacial score (nSPS) is 18.9. The fourth-order valence-corrected chi connectivity index (χ4v) is 2.49. The molecule has 0 aliphatic carbocycles. The molecule has 20 heavy (non-hydrogen) atoms. The van der Waals surface area contributed by atoms with Crippen molar-refractivity contribution in [2.75, 3.05) is 19.7 Å². The number of aromatic nitrogens is 1. The predicted octanol–water partition coefficient (Wildman–Crippen LogP) is 1.85. The first-order chi connectivity index (χ1) is 9.56. The molecule has 0 bridgehead atoms. The summed E-state index contributed by atoms with van der Waals surface area (Å²) in [6.45, 7) is 3.40. The van der Waals surface area contributed by atoms with Gasteiger partial charge in [0.1, 0.15) is 12.4 Å². The van der Waals surface area contributed by atoms with Crippen molar-refractivity contribution < 1.29 is 19.0 Å². The van der Waals surface area contributed by atoms with Crippen LogP contribution in [0.2, 0.25) is 0 Å². The second-order valence-electron chi connectivity index (χ2n) is 5.05. The van der Waals surface area contributed by atoms with E-state index in [0.717, 1.165) is 31.5 Å². The summed E-state index contributed by atoms with van der Waals surface area (Å²) in [5.41, 5.74) is 0.856. The van der Waals surface area contributed by atoms with Gasteiger partial charge in [-0.3, -0.25) is 9.88 Å². The zero-order valence-corrected chi connectivity index (χ0v) is 11.5. The van der Waals surface area contributed by atoms with E-state index >= 15 is 0 Å². The van der Waals surface area contributed by atoms with Crippen molar-refractivity contribution >= 4 is 5.97 Å². The van der Waals surface area contributed by atoms with E-state index in [1.54, 1.807) is 6.20 Å². The highest BCUT2D eigenvalue weighted by Gasteiger charge is 2.24. The number of hydrogen-bond acceptors (Lipinski definition) is 4. The third-order valence-electron chi connectivity index (χ3n) is 3.68. The van der Waals surface area contributed by atoms with E-state index in [1.165, 1.54) is 12.3 Å². The lowest BCUT2D eigenvalue weighted by atomic mass is 10.0. The van der Waals surface area contributed by atoms with Gasteiger partial charge in [-0.05, 0) is 31.4 Å². The van der Waals surface area contributed by atoms with Crippen LogP contribution in [-0.4, -0.2) is 46.8 Å². The lowest BCUT2D eigenvalue weighted by molar-refractivity contribution is -0.145. The Morgan fingerprint density at radius 3 is 2.85 bits per heavy atom. The number of pyridine rings is 1. The summed E-state index contributed by atoms with van der Waals surface area (Å²) in [4.78, 5) is 16.6. The Hall–Kier alpha value is -1.53. The Bertz CT molecular complexity index is 461. The molecule has 1 fully saturated rings. The second kappa shape index (κ2) is 6.76. The molecule has 0 saturated carbocycles. The van der Waals surface area contributed by atoms with Crippen LogP contribution in [0.15, 0.2) is 18.5 Å². The minimum Gasteiger partial charge on any atom is -0.480 e. The van der Waals surface area contributed by atoms with Gasteiger partial charge < -0.3 is 9.84 Å². The van der Waals surface area contributed by atoms with Crippen LogP contribution in [-0.2, 0) is 9.53 Å². The molecule has 1 N–H and O–H groups in total. The largest absolute Gasteiger partial charge is 0.480 e. The predicted molar refractivity (Wildman–Crippen MR) is 70.8 cm³/mol. The molecular formula is C14H19FN2O3. The van der Waals surface area contributed by atoms with Crippen LogP contribution in [0, 0.1) is 5.82 Å². The van der Waals surface area contributed by atoms with E-state index in [9.17, 15) is 9.18 Å². The minimum atomic E-state index is -0.938. The molecule has 1 aromatic rings. The Morgan fingerprint density at radius 2 is 2.25 bits per heavy atom. The van der Waals surface area contributed by atoms with Crippen molar-refractivity contribution in [3.63, 3.8) is 0 Å². The fourth-order valence-electron chi connectivity index (χ4n) is 2.49. The van der Waals surface area contributed by atoms with Gasteiger partial charge in [-0.1, -0.05) is 0 Å². The van der Waals surface area contributed by atoms with Crippen LogP contribution in [0.4, 0.5) is 4.39 Å². The molecule has 2 heterocycles. The summed E-state index contributed by atoms with van der Waals surface area (Å²) in [6, 6.07) is 1.60. The number of likely N-dealkylation sites (tertiary alicyclic amines) is 1. The highest BCUT2D eigenvalue weighted by molar-refractivity contribution is 5.68. The number of carboxylic acids is 1. The topological polar surface area (TPSA) is 62.7 Å². The van der Waals surface area contributed by atoms with Gasteiger partial charge in [-0.15, -0.1) is 0 Å². The third kappa shape index (κ3) is 3.98. The zero-order valence-electron chi connectivity index (χ0n) is 11.5. The van der Waals surface area contributed by atoms with Gasteiger partial charge in [0.05, 0.1) is 12.3 Å². The SMILES string of the molecule is CC(c1cncc(F)c1)N1CCC(OCC(=O)O)CC1. The summed E-state index contributed by atoms with van der Waals surface area (Å²) >= 11 is 0. The van der Waals surface area contributed by atoms with Crippen LogP contribution in [0.3, 0.4) is 0 Å². The van der Waals surface area contributed by atoms with Crippen LogP contribution in [0.25, 0.3) is 0 Å². The maximum atomic E-state index is 13.2. The van der Waals surface area contributed by atoms with Gasteiger partial charge in [-0.25, -0.2) is 9.18 Å². The Labute approximate surface area is 117 Å². The van der Waals surface area contributed by atoms with E-state index in [4.69, 9.17) is 9.84 Å².